The van der Waals surface area contributed by atoms with E-state index in [-0.39, 0.29) is 0 Å². The molecule has 0 aromatic rings. The first-order valence-electron chi connectivity index (χ1n) is 5.61. The molecule has 0 saturated heterocycles. The summed E-state index contributed by atoms with van der Waals surface area (Å²) in [5.74, 6) is 0.747. The van der Waals surface area contributed by atoms with Crippen molar-refractivity contribution in [1.82, 2.24) is 10.6 Å². The Morgan fingerprint density at radius 2 is 1.57 bits per heavy atom. The molecular weight excluding hydrogens is 176 g/mol. The Hall–Kier alpha value is -0.120. The second-order valence-corrected chi connectivity index (χ2v) is 4.20. The van der Waals surface area contributed by atoms with E-state index in [1.54, 1.807) is 7.11 Å². The van der Waals surface area contributed by atoms with Crippen molar-refractivity contribution in [2.24, 2.45) is 5.92 Å². The van der Waals surface area contributed by atoms with Gasteiger partial charge >= 0.3 is 0 Å². The summed E-state index contributed by atoms with van der Waals surface area (Å²) >= 11 is 0. The monoisotopic (exact) mass is 202 g/mol. The highest BCUT2D eigenvalue weighted by molar-refractivity contribution is 4.56. The van der Waals surface area contributed by atoms with Crippen LogP contribution < -0.4 is 10.6 Å². The van der Waals surface area contributed by atoms with Gasteiger partial charge in [0.1, 0.15) is 0 Å². The fourth-order valence-electron chi connectivity index (χ4n) is 1.12. The molecule has 0 fully saturated rings. The van der Waals surface area contributed by atoms with Crippen molar-refractivity contribution in [3.8, 4) is 0 Å². The van der Waals surface area contributed by atoms with Gasteiger partial charge in [-0.25, -0.2) is 0 Å². The molecule has 0 aromatic carbocycles. The molecule has 0 heterocycles. The Labute approximate surface area is 88.6 Å². The minimum Gasteiger partial charge on any atom is -0.380 e. The standard InChI is InChI=1S/C11H26N2O/c1-10(2)8-12-6-5-7-13-9-11(3)14-4/h10-13H,5-9H2,1-4H3. The number of ether oxygens (including phenoxy) is 1. The van der Waals surface area contributed by atoms with Gasteiger partial charge in [-0.2, -0.15) is 0 Å². The highest BCUT2D eigenvalue weighted by Crippen LogP contribution is 1.87. The summed E-state index contributed by atoms with van der Waals surface area (Å²) in [6, 6.07) is 0. The SMILES string of the molecule is COC(C)CNCCCNCC(C)C. The van der Waals surface area contributed by atoms with Crippen LogP contribution in [0.5, 0.6) is 0 Å². The van der Waals surface area contributed by atoms with Crippen molar-refractivity contribution in [3.05, 3.63) is 0 Å². The molecule has 0 amide bonds. The zero-order valence-corrected chi connectivity index (χ0v) is 10.1. The van der Waals surface area contributed by atoms with E-state index in [4.69, 9.17) is 4.74 Å². The van der Waals surface area contributed by atoms with Crippen LogP contribution in [0, 0.1) is 5.92 Å². The van der Waals surface area contributed by atoms with Gasteiger partial charge in [0.15, 0.2) is 0 Å². The summed E-state index contributed by atoms with van der Waals surface area (Å²) in [6.07, 6.45) is 1.50. The lowest BCUT2D eigenvalue weighted by Gasteiger charge is -2.11. The molecule has 0 bridgehead atoms. The van der Waals surface area contributed by atoms with Crippen LogP contribution in [0.4, 0.5) is 0 Å². The number of rotatable bonds is 9. The molecule has 3 heteroatoms. The molecule has 0 spiro atoms. The molecule has 0 radical (unpaired) electrons. The highest BCUT2D eigenvalue weighted by atomic mass is 16.5. The molecule has 0 saturated carbocycles. The molecule has 0 aliphatic carbocycles. The van der Waals surface area contributed by atoms with E-state index >= 15 is 0 Å². The van der Waals surface area contributed by atoms with Crippen LogP contribution in [-0.2, 0) is 4.74 Å². The van der Waals surface area contributed by atoms with Crippen LogP contribution >= 0.6 is 0 Å². The Kier molecular flexibility index (Phi) is 9.35. The highest BCUT2D eigenvalue weighted by Gasteiger charge is 1.97. The van der Waals surface area contributed by atoms with E-state index in [0.29, 0.717) is 6.10 Å². The maximum Gasteiger partial charge on any atom is 0.0667 e. The maximum absolute atomic E-state index is 5.13. The number of hydrogen-bond acceptors (Lipinski definition) is 3. The second-order valence-electron chi connectivity index (χ2n) is 4.20. The van der Waals surface area contributed by atoms with E-state index in [1.165, 1.54) is 6.42 Å². The molecule has 3 nitrogen and oxygen atoms in total. The van der Waals surface area contributed by atoms with Gasteiger partial charge in [-0.1, -0.05) is 13.8 Å². The maximum atomic E-state index is 5.13. The predicted octanol–water partition coefficient (Wildman–Crippen LogP) is 1.25. The van der Waals surface area contributed by atoms with Crippen molar-refractivity contribution < 1.29 is 4.74 Å². The van der Waals surface area contributed by atoms with Gasteiger partial charge < -0.3 is 15.4 Å². The van der Waals surface area contributed by atoms with Crippen LogP contribution in [0.2, 0.25) is 0 Å². The third-order valence-corrected chi connectivity index (χ3v) is 2.09. The summed E-state index contributed by atoms with van der Waals surface area (Å²) < 4.78 is 5.13. The first-order valence-corrected chi connectivity index (χ1v) is 5.61. The van der Waals surface area contributed by atoms with Gasteiger partial charge in [0.05, 0.1) is 6.10 Å². The van der Waals surface area contributed by atoms with E-state index in [2.05, 4.69) is 31.4 Å². The van der Waals surface area contributed by atoms with Crippen LogP contribution in [0.3, 0.4) is 0 Å². The number of nitrogens with one attached hydrogen (secondary N) is 2. The minimum absolute atomic E-state index is 0.318. The number of hydrogen-bond donors (Lipinski definition) is 2. The fourth-order valence-corrected chi connectivity index (χ4v) is 1.12. The molecule has 0 aliphatic rings. The van der Waals surface area contributed by atoms with Gasteiger partial charge in [0.25, 0.3) is 0 Å². The van der Waals surface area contributed by atoms with Crippen LogP contribution in [0.15, 0.2) is 0 Å². The first-order chi connectivity index (χ1) is 6.66. The van der Waals surface area contributed by atoms with E-state index in [9.17, 15) is 0 Å². The second kappa shape index (κ2) is 9.44. The lowest BCUT2D eigenvalue weighted by Crippen LogP contribution is -2.29. The normalized spacial score (nSPS) is 13.5. The Bertz CT molecular complexity index is 118. The predicted molar refractivity (Wildman–Crippen MR) is 61.7 cm³/mol. The van der Waals surface area contributed by atoms with Crippen LogP contribution in [-0.4, -0.2) is 39.4 Å². The fraction of sp³-hybridized carbons (Fsp3) is 1.00. The third kappa shape index (κ3) is 9.96. The van der Waals surface area contributed by atoms with E-state index < -0.39 is 0 Å². The summed E-state index contributed by atoms with van der Waals surface area (Å²) in [5, 5.41) is 6.77. The lowest BCUT2D eigenvalue weighted by molar-refractivity contribution is 0.117. The molecule has 2 N–H and O–H groups in total. The summed E-state index contributed by atoms with van der Waals surface area (Å²) in [4.78, 5) is 0. The molecule has 0 rings (SSSR count). The Morgan fingerprint density at radius 3 is 2.07 bits per heavy atom. The van der Waals surface area contributed by atoms with Crippen molar-refractivity contribution in [1.29, 1.82) is 0 Å². The summed E-state index contributed by atoms with van der Waals surface area (Å²) in [6.45, 7) is 10.8. The molecule has 1 unspecified atom stereocenters. The minimum atomic E-state index is 0.318. The van der Waals surface area contributed by atoms with Gasteiger partial charge in [-0.3, -0.25) is 0 Å². The zero-order valence-electron chi connectivity index (χ0n) is 10.1. The number of methoxy groups -OCH3 is 1. The summed E-state index contributed by atoms with van der Waals surface area (Å²) in [7, 11) is 1.75. The zero-order chi connectivity index (χ0) is 10.8. The molecule has 86 valence electrons. The smallest absolute Gasteiger partial charge is 0.0667 e. The van der Waals surface area contributed by atoms with Gasteiger partial charge in [0.2, 0.25) is 0 Å². The van der Waals surface area contributed by atoms with Crippen molar-refractivity contribution in [2.75, 3.05) is 33.3 Å². The average molecular weight is 202 g/mol. The van der Waals surface area contributed by atoms with Crippen molar-refractivity contribution >= 4 is 0 Å². The molecule has 14 heavy (non-hydrogen) atoms. The van der Waals surface area contributed by atoms with Gasteiger partial charge in [0, 0.05) is 13.7 Å². The van der Waals surface area contributed by atoms with Gasteiger partial charge in [-0.15, -0.1) is 0 Å². The first kappa shape index (κ1) is 13.9. The average Bonchev–Trinajstić information content (AvgIpc) is 2.15. The molecular formula is C11H26N2O. The Morgan fingerprint density at radius 1 is 1.00 bits per heavy atom. The molecule has 0 aliphatic heterocycles. The third-order valence-electron chi connectivity index (χ3n) is 2.09. The van der Waals surface area contributed by atoms with Crippen LogP contribution in [0.1, 0.15) is 27.2 Å². The quantitative estimate of drug-likeness (QED) is 0.552. The topological polar surface area (TPSA) is 33.3 Å². The van der Waals surface area contributed by atoms with Crippen molar-refractivity contribution in [2.45, 2.75) is 33.3 Å². The van der Waals surface area contributed by atoms with Crippen LogP contribution in [0.25, 0.3) is 0 Å². The van der Waals surface area contributed by atoms with Gasteiger partial charge in [-0.05, 0) is 38.9 Å². The summed E-state index contributed by atoms with van der Waals surface area (Å²) in [5.41, 5.74) is 0. The van der Waals surface area contributed by atoms with Crippen molar-refractivity contribution in [3.63, 3.8) is 0 Å². The Balaban J connectivity index is 2.99. The lowest BCUT2D eigenvalue weighted by atomic mass is 10.2. The van der Waals surface area contributed by atoms with E-state index in [0.717, 1.165) is 32.1 Å². The molecule has 1 atom stereocenters. The molecule has 0 aromatic heterocycles. The van der Waals surface area contributed by atoms with E-state index in [1.807, 2.05) is 0 Å². The largest absolute Gasteiger partial charge is 0.380 e.